The molecule has 0 aromatic heterocycles. The Morgan fingerprint density at radius 3 is 2.67 bits per heavy atom. The summed E-state index contributed by atoms with van der Waals surface area (Å²) in [5, 5.41) is 20.0. The average molecular weight is 250 g/mol. The van der Waals surface area contributed by atoms with Gasteiger partial charge in [-0.3, -0.25) is 10.1 Å². The Morgan fingerprint density at radius 2 is 2.22 bits per heavy atom. The molecule has 1 aromatic rings. The molecule has 1 aromatic carbocycles. The molecule has 0 heterocycles. The van der Waals surface area contributed by atoms with Crippen molar-refractivity contribution in [3.8, 4) is 0 Å². The first-order valence-corrected chi connectivity index (χ1v) is 5.77. The number of nitrogens with zero attached hydrogens (tertiary/aromatic N) is 2. The van der Waals surface area contributed by atoms with Crippen molar-refractivity contribution in [2.45, 2.75) is 20.5 Å². The number of aliphatic hydroxyl groups excluding tert-OH is 1. The van der Waals surface area contributed by atoms with Crippen LogP contribution in [0.4, 0.5) is 11.4 Å². The molecule has 18 heavy (non-hydrogen) atoms. The van der Waals surface area contributed by atoms with Gasteiger partial charge < -0.3 is 10.0 Å². The van der Waals surface area contributed by atoms with Crippen LogP contribution in [0.5, 0.6) is 0 Å². The third kappa shape index (κ3) is 3.30. The first-order chi connectivity index (χ1) is 8.49. The van der Waals surface area contributed by atoms with Gasteiger partial charge in [0.25, 0.3) is 5.69 Å². The lowest BCUT2D eigenvalue weighted by atomic mass is 10.1. The van der Waals surface area contributed by atoms with Crippen LogP contribution in [0.25, 0.3) is 0 Å². The minimum absolute atomic E-state index is 0.0485. The molecule has 1 N–H and O–H groups in total. The Kier molecular flexibility index (Phi) is 4.85. The predicted octanol–water partition coefficient (Wildman–Crippen LogP) is 2.49. The van der Waals surface area contributed by atoms with Gasteiger partial charge in [-0.25, -0.2) is 0 Å². The van der Waals surface area contributed by atoms with Gasteiger partial charge in [-0.2, -0.15) is 0 Å². The van der Waals surface area contributed by atoms with Gasteiger partial charge >= 0.3 is 0 Å². The molecule has 5 nitrogen and oxygen atoms in total. The lowest BCUT2D eigenvalue weighted by Gasteiger charge is -2.23. The van der Waals surface area contributed by atoms with Crippen LogP contribution in [0.1, 0.15) is 19.4 Å². The number of rotatable bonds is 6. The molecule has 0 aliphatic heterocycles. The van der Waals surface area contributed by atoms with Gasteiger partial charge in [-0.1, -0.05) is 12.2 Å². The molecule has 0 unspecified atom stereocenters. The number of likely N-dealkylation sites (N-methyl/N-ethyl adjacent to an activating group) is 1. The van der Waals surface area contributed by atoms with E-state index < -0.39 is 4.92 Å². The summed E-state index contributed by atoms with van der Waals surface area (Å²) in [5.74, 6) is 0. The van der Waals surface area contributed by atoms with Crippen molar-refractivity contribution in [3.05, 3.63) is 46.0 Å². The largest absolute Gasteiger partial charge is 0.391 e. The molecule has 0 bridgehead atoms. The first kappa shape index (κ1) is 14.2. The number of nitro benzene ring substituents is 1. The molecule has 0 saturated carbocycles. The van der Waals surface area contributed by atoms with Crippen LogP contribution in [0, 0.1) is 10.1 Å². The molecule has 0 fully saturated rings. The first-order valence-electron chi connectivity index (χ1n) is 5.77. The molecular weight excluding hydrogens is 232 g/mol. The lowest BCUT2D eigenvalue weighted by Crippen LogP contribution is -2.24. The Hall–Kier alpha value is -1.88. The van der Waals surface area contributed by atoms with Crippen LogP contribution in [-0.4, -0.2) is 23.1 Å². The van der Waals surface area contributed by atoms with E-state index in [0.29, 0.717) is 12.1 Å². The van der Waals surface area contributed by atoms with E-state index in [-0.39, 0.29) is 12.3 Å². The molecule has 0 amide bonds. The standard InChI is InChI=1S/C13H18N2O3/c1-4-14(8-10(2)3)12-5-6-13(15(17)18)11(7-12)9-16/h5-7,16H,2,4,8-9H2,1,3H3. The molecule has 0 aliphatic carbocycles. The van der Waals surface area contributed by atoms with Crippen molar-refractivity contribution < 1.29 is 10.0 Å². The van der Waals surface area contributed by atoms with Crippen LogP contribution in [0.2, 0.25) is 0 Å². The summed E-state index contributed by atoms with van der Waals surface area (Å²) in [6.45, 7) is 8.92. The zero-order chi connectivity index (χ0) is 13.7. The van der Waals surface area contributed by atoms with E-state index in [9.17, 15) is 15.2 Å². The Morgan fingerprint density at radius 1 is 1.56 bits per heavy atom. The van der Waals surface area contributed by atoms with Gasteiger partial charge in [0, 0.05) is 24.8 Å². The number of benzene rings is 1. The van der Waals surface area contributed by atoms with Crippen molar-refractivity contribution in [2.75, 3.05) is 18.0 Å². The number of hydrogen-bond donors (Lipinski definition) is 1. The van der Waals surface area contributed by atoms with Crippen LogP contribution in [0.3, 0.4) is 0 Å². The van der Waals surface area contributed by atoms with Crippen molar-refractivity contribution in [1.29, 1.82) is 0 Å². The molecular formula is C13H18N2O3. The van der Waals surface area contributed by atoms with Crippen molar-refractivity contribution >= 4 is 11.4 Å². The molecule has 0 spiro atoms. The molecule has 5 heteroatoms. The predicted molar refractivity (Wildman–Crippen MR) is 71.7 cm³/mol. The third-order valence-corrected chi connectivity index (χ3v) is 2.64. The van der Waals surface area contributed by atoms with E-state index in [1.54, 1.807) is 12.1 Å². The highest BCUT2D eigenvalue weighted by atomic mass is 16.6. The third-order valence-electron chi connectivity index (χ3n) is 2.64. The normalized spacial score (nSPS) is 10.2. The molecule has 1 rings (SSSR count). The fraction of sp³-hybridized carbons (Fsp3) is 0.385. The molecule has 0 atom stereocenters. The minimum atomic E-state index is -0.482. The fourth-order valence-corrected chi connectivity index (χ4v) is 1.78. The van der Waals surface area contributed by atoms with Gasteiger partial charge in [-0.15, -0.1) is 0 Å². The van der Waals surface area contributed by atoms with Crippen molar-refractivity contribution in [3.63, 3.8) is 0 Å². The topological polar surface area (TPSA) is 66.6 Å². The second-order valence-corrected chi connectivity index (χ2v) is 4.20. The molecule has 0 aliphatic rings. The maximum atomic E-state index is 10.8. The van der Waals surface area contributed by atoms with Crippen LogP contribution in [-0.2, 0) is 6.61 Å². The second kappa shape index (κ2) is 6.16. The van der Waals surface area contributed by atoms with Crippen molar-refractivity contribution in [2.24, 2.45) is 0 Å². The highest BCUT2D eigenvalue weighted by Crippen LogP contribution is 2.25. The van der Waals surface area contributed by atoms with Gasteiger partial charge in [-0.05, 0) is 26.0 Å². The SMILES string of the molecule is C=C(C)CN(CC)c1ccc([N+](=O)[O-])c(CO)c1. The maximum Gasteiger partial charge on any atom is 0.275 e. The fourth-order valence-electron chi connectivity index (χ4n) is 1.78. The highest BCUT2D eigenvalue weighted by Gasteiger charge is 2.15. The summed E-state index contributed by atoms with van der Waals surface area (Å²) in [7, 11) is 0. The summed E-state index contributed by atoms with van der Waals surface area (Å²) in [6, 6.07) is 4.79. The van der Waals surface area contributed by atoms with Crippen LogP contribution < -0.4 is 4.90 Å². The Bertz CT molecular complexity index is 458. The summed E-state index contributed by atoms with van der Waals surface area (Å²) < 4.78 is 0. The van der Waals surface area contributed by atoms with Gasteiger partial charge in [0.2, 0.25) is 0 Å². The molecule has 0 saturated heterocycles. The second-order valence-electron chi connectivity index (χ2n) is 4.20. The van der Waals surface area contributed by atoms with E-state index >= 15 is 0 Å². The zero-order valence-electron chi connectivity index (χ0n) is 10.7. The number of aliphatic hydroxyl groups is 1. The van der Waals surface area contributed by atoms with E-state index in [1.807, 2.05) is 18.7 Å². The monoisotopic (exact) mass is 250 g/mol. The zero-order valence-corrected chi connectivity index (χ0v) is 10.7. The Labute approximate surface area is 107 Å². The van der Waals surface area contributed by atoms with Gasteiger partial charge in [0.1, 0.15) is 0 Å². The van der Waals surface area contributed by atoms with E-state index in [1.165, 1.54) is 6.07 Å². The number of hydrogen-bond acceptors (Lipinski definition) is 4. The summed E-state index contributed by atoms with van der Waals surface area (Å²) in [6.07, 6.45) is 0. The van der Waals surface area contributed by atoms with Crippen LogP contribution in [0.15, 0.2) is 30.4 Å². The summed E-state index contributed by atoms with van der Waals surface area (Å²) in [5.41, 5.74) is 2.15. The quantitative estimate of drug-likeness (QED) is 0.478. The number of anilines is 1. The van der Waals surface area contributed by atoms with Gasteiger partial charge in [0.15, 0.2) is 0 Å². The highest BCUT2D eigenvalue weighted by molar-refractivity contribution is 5.56. The summed E-state index contributed by atoms with van der Waals surface area (Å²) >= 11 is 0. The van der Waals surface area contributed by atoms with Crippen molar-refractivity contribution in [1.82, 2.24) is 0 Å². The average Bonchev–Trinajstić information content (AvgIpc) is 2.34. The Balaban J connectivity index is 3.10. The van der Waals surface area contributed by atoms with Gasteiger partial charge in [0.05, 0.1) is 17.1 Å². The lowest BCUT2D eigenvalue weighted by molar-refractivity contribution is -0.385. The smallest absolute Gasteiger partial charge is 0.275 e. The van der Waals surface area contributed by atoms with E-state index in [2.05, 4.69) is 6.58 Å². The maximum absolute atomic E-state index is 10.8. The van der Waals surface area contributed by atoms with Crippen LogP contribution >= 0.6 is 0 Å². The van der Waals surface area contributed by atoms with E-state index in [0.717, 1.165) is 17.8 Å². The van der Waals surface area contributed by atoms with E-state index in [4.69, 9.17) is 0 Å². The number of nitro groups is 1. The summed E-state index contributed by atoms with van der Waals surface area (Å²) in [4.78, 5) is 12.3. The minimum Gasteiger partial charge on any atom is -0.391 e. The molecule has 0 radical (unpaired) electrons. The molecule has 98 valence electrons.